The highest BCUT2D eigenvalue weighted by Gasteiger charge is 2.11. The predicted octanol–water partition coefficient (Wildman–Crippen LogP) is 0.402. The van der Waals surface area contributed by atoms with Crippen LogP contribution in [-0.2, 0) is 14.2 Å². The molecule has 0 saturated carbocycles. The molecule has 0 aromatic carbocycles. The predicted molar refractivity (Wildman–Crippen MR) is 51.8 cm³/mol. The summed E-state index contributed by atoms with van der Waals surface area (Å²) in [6, 6.07) is 0. The largest absolute Gasteiger partial charge is 0.382 e. The number of rotatable bonds is 8. The van der Waals surface area contributed by atoms with Crippen LogP contribution in [0, 0.1) is 0 Å². The summed E-state index contributed by atoms with van der Waals surface area (Å²) in [7, 11) is 1.64. The van der Waals surface area contributed by atoms with Gasteiger partial charge in [-0.1, -0.05) is 0 Å². The average molecular weight is 191 g/mol. The molecular weight excluding hydrogens is 170 g/mol. The monoisotopic (exact) mass is 191 g/mol. The molecule has 4 nitrogen and oxygen atoms in total. The van der Waals surface area contributed by atoms with Crippen LogP contribution in [-0.4, -0.2) is 45.7 Å². The normalized spacial score (nSPS) is 15.7. The van der Waals surface area contributed by atoms with Gasteiger partial charge in [-0.2, -0.15) is 0 Å². The summed E-state index contributed by atoms with van der Waals surface area (Å²) < 4.78 is 15.7. The van der Waals surface area contributed by atoms with Crippen molar-refractivity contribution in [2.45, 2.75) is 26.1 Å². The molecule has 2 N–H and O–H groups in total. The summed E-state index contributed by atoms with van der Waals surface area (Å²) in [5, 5.41) is 0. The summed E-state index contributed by atoms with van der Waals surface area (Å²) in [6.07, 6.45) is 0.0455. The van der Waals surface area contributed by atoms with Crippen LogP contribution in [0.5, 0.6) is 0 Å². The minimum Gasteiger partial charge on any atom is -0.382 e. The molecule has 0 fully saturated rings. The SMILES string of the molecule is CCOCC(C)OC(CN)COC. The smallest absolute Gasteiger partial charge is 0.0934 e. The van der Waals surface area contributed by atoms with Crippen LogP contribution < -0.4 is 5.73 Å². The average Bonchev–Trinajstić information content (AvgIpc) is 2.14. The van der Waals surface area contributed by atoms with E-state index in [-0.39, 0.29) is 12.2 Å². The summed E-state index contributed by atoms with van der Waals surface area (Å²) in [4.78, 5) is 0. The Labute approximate surface area is 80.3 Å². The van der Waals surface area contributed by atoms with Crippen molar-refractivity contribution in [2.24, 2.45) is 5.73 Å². The first-order chi connectivity index (χ1) is 6.24. The van der Waals surface area contributed by atoms with Crippen LogP contribution in [0.15, 0.2) is 0 Å². The lowest BCUT2D eigenvalue weighted by atomic mass is 10.3. The van der Waals surface area contributed by atoms with Crippen LogP contribution in [0.3, 0.4) is 0 Å². The fourth-order valence-electron chi connectivity index (χ4n) is 1.00. The molecule has 0 heterocycles. The van der Waals surface area contributed by atoms with Gasteiger partial charge in [-0.15, -0.1) is 0 Å². The van der Waals surface area contributed by atoms with Gasteiger partial charge in [0, 0.05) is 20.3 Å². The molecule has 0 radical (unpaired) electrons. The molecule has 13 heavy (non-hydrogen) atoms. The Morgan fingerprint density at radius 1 is 1.31 bits per heavy atom. The molecular formula is C9H21NO3. The Morgan fingerprint density at radius 2 is 2.00 bits per heavy atom. The van der Waals surface area contributed by atoms with Crippen LogP contribution >= 0.6 is 0 Å². The van der Waals surface area contributed by atoms with Crippen molar-refractivity contribution in [3.05, 3.63) is 0 Å². The summed E-state index contributed by atoms with van der Waals surface area (Å²) in [5.41, 5.74) is 5.49. The maximum atomic E-state index is 5.57. The van der Waals surface area contributed by atoms with Gasteiger partial charge in [0.25, 0.3) is 0 Å². The Balaban J connectivity index is 3.53. The summed E-state index contributed by atoms with van der Waals surface area (Å²) in [5.74, 6) is 0. The van der Waals surface area contributed by atoms with Gasteiger partial charge in [-0.05, 0) is 13.8 Å². The number of ether oxygens (including phenoxy) is 3. The second kappa shape index (κ2) is 8.44. The minimum atomic E-state index is -0.0274. The first-order valence-electron chi connectivity index (χ1n) is 4.66. The van der Waals surface area contributed by atoms with E-state index in [1.807, 2.05) is 13.8 Å². The summed E-state index contributed by atoms with van der Waals surface area (Å²) in [6.45, 7) is 6.26. The quantitative estimate of drug-likeness (QED) is 0.603. The van der Waals surface area contributed by atoms with E-state index in [1.165, 1.54) is 0 Å². The first-order valence-corrected chi connectivity index (χ1v) is 4.66. The second-order valence-electron chi connectivity index (χ2n) is 2.92. The highest BCUT2D eigenvalue weighted by Crippen LogP contribution is 1.98. The van der Waals surface area contributed by atoms with Crippen LogP contribution in [0.25, 0.3) is 0 Å². The second-order valence-corrected chi connectivity index (χ2v) is 2.92. The van der Waals surface area contributed by atoms with E-state index in [0.29, 0.717) is 26.4 Å². The Kier molecular flexibility index (Phi) is 8.33. The van der Waals surface area contributed by atoms with Gasteiger partial charge >= 0.3 is 0 Å². The third-order valence-corrected chi connectivity index (χ3v) is 1.60. The van der Waals surface area contributed by atoms with Crippen LogP contribution in [0.4, 0.5) is 0 Å². The van der Waals surface area contributed by atoms with Crippen molar-refractivity contribution < 1.29 is 14.2 Å². The minimum absolute atomic E-state index is 0.0274. The Hall–Kier alpha value is -0.160. The van der Waals surface area contributed by atoms with E-state index in [9.17, 15) is 0 Å². The number of methoxy groups -OCH3 is 1. The summed E-state index contributed by atoms with van der Waals surface area (Å²) >= 11 is 0. The molecule has 80 valence electrons. The van der Waals surface area contributed by atoms with Crippen molar-refractivity contribution >= 4 is 0 Å². The zero-order chi connectivity index (χ0) is 10.1. The van der Waals surface area contributed by atoms with Gasteiger partial charge in [-0.25, -0.2) is 0 Å². The zero-order valence-electron chi connectivity index (χ0n) is 8.79. The molecule has 0 aliphatic heterocycles. The molecule has 0 rings (SSSR count). The van der Waals surface area contributed by atoms with E-state index in [0.717, 1.165) is 0 Å². The number of nitrogens with two attached hydrogens (primary N) is 1. The maximum Gasteiger partial charge on any atom is 0.0934 e. The molecule has 0 saturated heterocycles. The zero-order valence-corrected chi connectivity index (χ0v) is 8.79. The van der Waals surface area contributed by atoms with Crippen molar-refractivity contribution in [2.75, 3.05) is 33.5 Å². The molecule has 4 heteroatoms. The van der Waals surface area contributed by atoms with E-state index in [4.69, 9.17) is 19.9 Å². The first kappa shape index (κ1) is 12.8. The van der Waals surface area contributed by atoms with Gasteiger partial charge in [0.15, 0.2) is 0 Å². The Bertz CT molecular complexity index is 111. The lowest BCUT2D eigenvalue weighted by Crippen LogP contribution is -2.33. The van der Waals surface area contributed by atoms with Crippen molar-refractivity contribution in [3.63, 3.8) is 0 Å². The highest BCUT2D eigenvalue weighted by molar-refractivity contribution is 4.60. The third-order valence-electron chi connectivity index (χ3n) is 1.60. The van der Waals surface area contributed by atoms with E-state index in [1.54, 1.807) is 7.11 Å². The van der Waals surface area contributed by atoms with Crippen molar-refractivity contribution in [3.8, 4) is 0 Å². The molecule has 0 aliphatic carbocycles. The van der Waals surface area contributed by atoms with Gasteiger partial charge in [0.1, 0.15) is 0 Å². The van der Waals surface area contributed by atoms with E-state index < -0.39 is 0 Å². The lowest BCUT2D eigenvalue weighted by molar-refractivity contribution is -0.0664. The molecule has 0 amide bonds. The van der Waals surface area contributed by atoms with Gasteiger partial charge in [0.05, 0.1) is 25.4 Å². The van der Waals surface area contributed by atoms with E-state index >= 15 is 0 Å². The fourth-order valence-corrected chi connectivity index (χ4v) is 1.00. The number of hydrogen-bond donors (Lipinski definition) is 1. The van der Waals surface area contributed by atoms with E-state index in [2.05, 4.69) is 0 Å². The molecule has 0 aromatic rings. The topological polar surface area (TPSA) is 53.7 Å². The molecule has 0 bridgehead atoms. The van der Waals surface area contributed by atoms with Crippen molar-refractivity contribution in [1.82, 2.24) is 0 Å². The molecule has 0 aromatic heterocycles. The Morgan fingerprint density at radius 3 is 2.46 bits per heavy atom. The van der Waals surface area contributed by atoms with Crippen molar-refractivity contribution in [1.29, 1.82) is 0 Å². The fraction of sp³-hybridized carbons (Fsp3) is 1.00. The maximum absolute atomic E-state index is 5.57. The van der Waals surface area contributed by atoms with Crippen LogP contribution in [0.1, 0.15) is 13.8 Å². The van der Waals surface area contributed by atoms with Gasteiger partial charge in [0.2, 0.25) is 0 Å². The molecule has 0 aliphatic rings. The van der Waals surface area contributed by atoms with Crippen LogP contribution in [0.2, 0.25) is 0 Å². The molecule has 2 atom stereocenters. The lowest BCUT2D eigenvalue weighted by Gasteiger charge is -2.20. The molecule has 2 unspecified atom stereocenters. The third kappa shape index (κ3) is 6.95. The standard InChI is InChI=1S/C9H21NO3/c1-4-12-6-8(2)13-9(5-10)7-11-3/h8-9H,4-7,10H2,1-3H3. The molecule has 0 spiro atoms. The highest BCUT2D eigenvalue weighted by atomic mass is 16.6. The number of hydrogen-bond acceptors (Lipinski definition) is 4. The van der Waals surface area contributed by atoms with Gasteiger partial charge < -0.3 is 19.9 Å². The van der Waals surface area contributed by atoms with Gasteiger partial charge in [-0.3, -0.25) is 0 Å².